The van der Waals surface area contributed by atoms with Crippen LogP contribution in [0.5, 0.6) is 17.2 Å². The zero-order chi connectivity index (χ0) is 19.0. The van der Waals surface area contributed by atoms with Crippen LogP contribution in [0.1, 0.15) is 36.7 Å². The van der Waals surface area contributed by atoms with Crippen LogP contribution in [0.3, 0.4) is 0 Å². The molecule has 1 unspecified atom stereocenters. The normalized spacial score (nSPS) is 16.4. The minimum absolute atomic E-state index is 0.0918. The zero-order valence-electron chi connectivity index (χ0n) is 16.3. The van der Waals surface area contributed by atoms with E-state index >= 15 is 0 Å². The average molecular weight is 366 g/mol. The number of benzene rings is 2. The van der Waals surface area contributed by atoms with E-state index in [0.717, 1.165) is 41.3 Å². The number of methoxy groups -OCH3 is 2. The summed E-state index contributed by atoms with van der Waals surface area (Å²) in [6, 6.07) is 12.5. The van der Waals surface area contributed by atoms with Crippen molar-refractivity contribution in [3.05, 3.63) is 53.2 Å². The first-order valence-electron chi connectivity index (χ1n) is 9.37. The molecule has 5 heteroatoms. The summed E-state index contributed by atoms with van der Waals surface area (Å²) in [5, 5.41) is 4.87. The van der Waals surface area contributed by atoms with E-state index in [1.54, 1.807) is 14.2 Å². The highest BCUT2D eigenvalue weighted by atomic mass is 16.5. The number of fused-ring (bicyclic) bond motifs is 3. The van der Waals surface area contributed by atoms with Crippen molar-refractivity contribution in [3.8, 4) is 17.2 Å². The average Bonchev–Trinajstić information content (AvgIpc) is 3.05. The molecule has 0 aliphatic carbocycles. The van der Waals surface area contributed by atoms with E-state index in [1.165, 1.54) is 16.6 Å². The van der Waals surface area contributed by atoms with E-state index in [4.69, 9.17) is 14.2 Å². The summed E-state index contributed by atoms with van der Waals surface area (Å²) < 4.78 is 16.8. The van der Waals surface area contributed by atoms with Crippen molar-refractivity contribution in [2.75, 3.05) is 20.8 Å². The van der Waals surface area contributed by atoms with Crippen LogP contribution >= 0.6 is 0 Å². The van der Waals surface area contributed by atoms with Crippen molar-refractivity contribution in [2.24, 2.45) is 0 Å². The van der Waals surface area contributed by atoms with Gasteiger partial charge in [-0.1, -0.05) is 6.07 Å². The maximum absolute atomic E-state index is 5.85. The van der Waals surface area contributed by atoms with Gasteiger partial charge in [0.2, 0.25) is 0 Å². The van der Waals surface area contributed by atoms with Crippen molar-refractivity contribution in [2.45, 2.75) is 32.4 Å². The Hall–Kier alpha value is -2.66. The first-order chi connectivity index (χ1) is 13.1. The van der Waals surface area contributed by atoms with Gasteiger partial charge in [0.15, 0.2) is 11.5 Å². The predicted molar refractivity (Wildman–Crippen MR) is 107 cm³/mol. The molecule has 1 aliphatic heterocycles. The quantitative estimate of drug-likeness (QED) is 0.710. The molecule has 1 aromatic heterocycles. The highest BCUT2D eigenvalue weighted by Gasteiger charge is 2.26. The first kappa shape index (κ1) is 17.7. The lowest BCUT2D eigenvalue weighted by molar-refractivity contribution is 0.230. The summed E-state index contributed by atoms with van der Waals surface area (Å²) >= 11 is 0. The SMILES string of the molecule is COc1ccc2[nH]c3c(c2c1)CCNC3c1ccc(OC(C)C)c(OC)c1. The van der Waals surface area contributed by atoms with Gasteiger partial charge in [0.05, 0.1) is 26.4 Å². The standard InChI is InChI=1S/C22H26N2O3/c1-13(2)27-19-8-5-14(11-20(19)26-4)21-22-16(9-10-23-21)17-12-15(25-3)6-7-18(17)24-22/h5-8,11-13,21,23-24H,9-10H2,1-4H3. The summed E-state index contributed by atoms with van der Waals surface area (Å²) in [6.45, 7) is 4.95. The van der Waals surface area contributed by atoms with E-state index in [9.17, 15) is 0 Å². The van der Waals surface area contributed by atoms with E-state index in [-0.39, 0.29) is 12.1 Å². The third kappa shape index (κ3) is 3.23. The van der Waals surface area contributed by atoms with Gasteiger partial charge in [-0.15, -0.1) is 0 Å². The van der Waals surface area contributed by atoms with E-state index in [2.05, 4.69) is 34.6 Å². The molecule has 0 amide bonds. The number of H-pyrrole nitrogens is 1. The summed E-state index contributed by atoms with van der Waals surface area (Å²) in [6.07, 6.45) is 1.10. The molecule has 4 rings (SSSR count). The molecule has 1 aliphatic rings. The molecule has 0 fully saturated rings. The van der Waals surface area contributed by atoms with Crippen LogP contribution in [0.2, 0.25) is 0 Å². The minimum Gasteiger partial charge on any atom is -0.497 e. The fourth-order valence-corrected chi connectivity index (χ4v) is 3.83. The van der Waals surface area contributed by atoms with Gasteiger partial charge in [0, 0.05) is 23.1 Å². The lowest BCUT2D eigenvalue weighted by atomic mass is 9.94. The van der Waals surface area contributed by atoms with Gasteiger partial charge in [-0.05, 0) is 61.7 Å². The van der Waals surface area contributed by atoms with Crippen molar-refractivity contribution in [1.29, 1.82) is 0 Å². The zero-order valence-corrected chi connectivity index (χ0v) is 16.3. The van der Waals surface area contributed by atoms with Crippen molar-refractivity contribution < 1.29 is 14.2 Å². The number of aromatic amines is 1. The molecule has 27 heavy (non-hydrogen) atoms. The second-order valence-corrected chi connectivity index (χ2v) is 7.14. The second kappa shape index (κ2) is 7.16. The Kier molecular flexibility index (Phi) is 4.70. The predicted octanol–water partition coefficient (Wildman–Crippen LogP) is 4.21. The molecule has 1 atom stereocenters. The van der Waals surface area contributed by atoms with Gasteiger partial charge in [-0.3, -0.25) is 0 Å². The molecule has 0 radical (unpaired) electrons. The van der Waals surface area contributed by atoms with Crippen molar-refractivity contribution in [3.63, 3.8) is 0 Å². The molecule has 0 bridgehead atoms. The van der Waals surface area contributed by atoms with Crippen molar-refractivity contribution >= 4 is 10.9 Å². The molecular formula is C22H26N2O3. The monoisotopic (exact) mass is 366 g/mol. The lowest BCUT2D eigenvalue weighted by Gasteiger charge is -2.25. The van der Waals surface area contributed by atoms with Crippen LogP contribution in [0.4, 0.5) is 0 Å². The molecule has 3 aromatic rings. The third-order valence-corrected chi connectivity index (χ3v) is 5.04. The smallest absolute Gasteiger partial charge is 0.161 e. The Balaban J connectivity index is 1.76. The molecular weight excluding hydrogens is 340 g/mol. The van der Waals surface area contributed by atoms with Crippen LogP contribution in [-0.2, 0) is 6.42 Å². The number of hydrogen-bond acceptors (Lipinski definition) is 4. The van der Waals surface area contributed by atoms with Gasteiger partial charge in [0.1, 0.15) is 5.75 Å². The van der Waals surface area contributed by atoms with Crippen molar-refractivity contribution in [1.82, 2.24) is 10.3 Å². The molecule has 2 heterocycles. The first-order valence-corrected chi connectivity index (χ1v) is 9.37. The Morgan fingerprint density at radius 3 is 2.59 bits per heavy atom. The van der Waals surface area contributed by atoms with Crippen LogP contribution in [0.15, 0.2) is 36.4 Å². The number of hydrogen-bond donors (Lipinski definition) is 2. The van der Waals surface area contributed by atoms with E-state index in [1.807, 2.05) is 26.0 Å². The summed E-state index contributed by atoms with van der Waals surface area (Å²) in [4.78, 5) is 3.61. The Morgan fingerprint density at radius 1 is 1.00 bits per heavy atom. The third-order valence-electron chi connectivity index (χ3n) is 5.04. The number of rotatable bonds is 5. The lowest BCUT2D eigenvalue weighted by Crippen LogP contribution is -2.30. The van der Waals surface area contributed by atoms with E-state index in [0.29, 0.717) is 0 Å². The summed E-state index contributed by atoms with van der Waals surface area (Å²) in [7, 11) is 3.39. The van der Waals surface area contributed by atoms with Gasteiger partial charge >= 0.3 is 0 Å². The van der Waals surface area contributed by atoms with Gasteiger partial charge in [-0.2, -0.15) is 0 Å². The molecule has 142 valence electrons. The molecule has 5 nitrogen and oxygen atoms in total. The fourth-order valence-electron chi connectivity index (χ4n) is 3.83. The Morgan fingerprint density at radius 2 is 1.85 bits per heavy atom. The van der Waals surface area contributed by atoms with Crippen LogP contribution in [0.25, 0.3) is 10.9 Å². The van der Waals surface area contributed by atoms with Crippen LogP contribution in [-0.4, -0.2) is 31.9 Å². The van der Waals surface area contributed by atoms with E-state index < -0.39 is 0 Å². The minimum atomic E-state index is 0.0918. The number of aromatic nitrogens is 1. The molecule has 0 spiro atoms. The molecule has 0 saturated carbocycles. The van der Waals surface area contributed by atoms with Gasteiger partial charge in [0.25, 0.3) is 0 Å². The summed E-state index contributed by atoms with van der Waals surface area (Å²) in [5.74, 6) is 2.41. The molecule has 2 aromatic carbocycles. The second-order valence-electron chi connectivity index (χ2n) is 7.14. The topological polar surface area (TPSA) is 55.5 Å². The Labute approximate surface area is 159 Å². The van der Waals surface area contributed by atoms with Gasteiger partial charge < -0.3 is 24.5 Å². The van der Waals surface area contributed by atoms with Crippen LogP contribution in [0, 0.1) is 0 Å². The number of nitrogens with one attached hydrogen (secondary N) is 2. The maximum atomic E-state index is 5.85. The maximum Gasteiger partial charge on any atom is 0.161 e. The molecule has 2 N–H and O–H groups in total. The van der Waals surface area contributed by atoms with Gasteiger partial charge in [-0.25, -0.2) is 0 Å². The molecule has 0 saturated heterocycles. The largest absolute Gasteiger partial charge is 0.497 e. The van der Waals surface area contributed by atoms with Crippen LogP contribution < -0.4 is 19.5 Å². The highest BCUT2D eigenvalue weighted by molar-refractivity contribution is 5.86. The number of ether oxygens (including phenoxy) is 3. The summed E-state index contributed by atoms with van der Waals surface area (Å²) in [5.41, 5.74) is 4.86. The highest BCUT2D eigenvalue weighted by Crippen LogP contribution is 2.38. The fraction of sp³-hybridized carbons (Fsp3) is 0.364. The Bertz CT molecular complexity index is 962.